The SMILES string of the molecule is Cc1cc(-n2nc(Cl)cc2-c2ccc(S(C)(=O)=O)cc2)ccc1F. The van der Waals surface area contributed by atoms with E-state index in [9.17, 15) is 12.8 Å². The topological polar surface area (TPSA) is 52.0 Å². The minimum Gasteiger partial charge on any atom is -0.232 e. The lowest BCUT2D eigenvalue weighted by Gasteiger charge is -2.09. The Morgan fingerprint density at radius 1 is 1.08 bits per heavy atom. The molecular weight excluding hydrogens is 351 g/mol. The van der Waals surface area contributed by atoms with Crippen molar-refractivity contribution in [1.82, 2.24) is 9.78 Å². The second-order valence-corrected chi connectivity index (χ2v) is 7.90. The Hall–Kier alpha value is -2.18. The van der Waals surface area contributed by atoms with Crippen molar-refractivity contribution in [2.75, 3.05) is 6.26 Å². The molecule has 24 heavy (non-hydrogen) atoms. The molecule has 0 saturated heterocycles. The highest BCUT2D eigenvalue weighted by Gasteiger charge is 2.13. The third-order valence-corrected chi connectivity index (χ3v) is 4.96. The average molecular weight is 365 g/mol. The molecule has 1 aromatic heterocycles. The minimum atomic E-state index is -3.26. The summed E-state index contributed by atoms with van der Waals surface area (Å²) >= 11 is 6.04. The Morgan fingerprint density at radius 2 is 1.75 bits per heavy atom. The first kappa shape index (κ1) is 16.7. The monoisotopic (exact) mass is 364 g/mol. The summed E-state index contributed by atoms with van der Waals surface area (Å²) < 4.78 is 38.2. The Morgan fingerprint density at radius 3 is 2.33 bits per heavy atom. The summed E-state index contributed by atoms with van der Waals surface area (Å²) in [6.07, 6.45) is 1.16. The molecule has 7 heteroatoms. The second-order valence-electron chi connectivity index (χ2n) is 5.49. The van der Waals surface area contributed by atoms with E-state index in [2.05, 4.69) is 5.10 Å². The molecule has 3 aromatic rings. The minimum absolute atomic E-state index is 0.237. The first-order valence-corrected chi connectivity index (χ1v) is 9.35. The molecule has 0 spiro atoms. The Kier molecular flexibility index (Phi) is 4.19. The molecule has 0 aliphatic rings. The average Bonchev–Trinajstić information content (AvgIpc) is 2.91. The van der Waals surface area contributed by atoms with Gasteiger partial charge in [-0.2, -0.15) is 5.10 Å². The van der Waals surface area contributed by atoms with Crippen molar-refractivity contribution in [3.8, 4) is 16.9 Å². The van der Waals surface area contributed by atoms with E-state index in [1.54, 1.807) is 41.9 Å². The maximum absolute atomic E-state index is 13.5. The summed E-state index contributed by atoms with van der Waals surface area (Å²) in [6, 6.07) is 12.8. The summed E-state index contributed by atoms with van der Waals surface area (Å²) in [5.41, 5.74) is 2.61. The van der Waals surface area contributed by atoms with E-state index in [1.807, 2.05) is 0 Å². The van der Waals surface area contributed by atoms with Crippen LogP contribution in [0, 0.1) is 12.7 Å². The highest BCUT2D eigenvalue weighted by Crippen LogP contribution is 2.27. The van der Waals surface area contributed by atoms with Crippen molar-refractivity contribution in [3.63, 3.8) is 0 Å². The highest BCUT2D eigenvalue weighted by molar-refractivity contribution is 7.90. The molecule has 0 radical (unpaired) electrons. The molecule has 0 aliphatic carbocycles. The second kappa shape index (κ2) is 6.03. The molecule has 0 bridgehead atoms. The van der Waals surface area contributed by atoms with Crippen molar-refractivity contribution in [2.24, 2.45) is 0 Å². The van der Waals surface area contributed by atoms with Gasteiger partial charge in [-0.3, -0.25) is 0 Å². The summed E-state index contributed by atoms with van der Waals surface area (Å²) in [6.45, 7) is 1.67. The molecule has 3 rings (SSSR count). The van der Waals surface area contributed by atoms with Crippen LogP contribution in [-0.2, 0) is 9.84 Å². The third-order valence-electron chi connectivity index (χ3n) is 3.64. The van der Waals surface area contributed by atoms with Crippen LogP contribution in [0.2, 0.25) is 5.15 Å². The van der Waals surface area contributed by atoms with Gasteiger partial charge in [0.05, 0.1) is 16.3 Å². The Bertz CT molecular complexity index is 1010. The molecule has 0 unspecified atom stereocenters. The van der Waals surface area contributed by atoms with Crippen LogP contribution in [0.5, 0.6) is 0 Å². The number of hydrogen-bond donors (Lipinski definition) is 0. The maximum atomic E-state index is 13.5. The van der Waals surface area contributed by atoms with E-state index in [1.165, 1.54) is 18.2 Å². The van der Waals surface area contributed by atoms with E-state index in [4.69, 9.17) is 11.6 Å². The van der Waals surface area contributed by atoms with Crippen molar-refractivity contribution in [2.45, 2.75) is 11.8 Å². The van der Waals surface area contributed by atoms with Gasteiger partial charge in [-0.05, 0) is 42.8 Å². The fourth-order valence-corrected chi connectivity index (χ4v) is 3.20. The summed E-state index contributed by atoms with van der Waals surface area (Å²) in [4.78, 5) is 0.237. The predicted octanol–water partition coefficient (Wildman–Crippen LogP) is 4.04. The zero-order valence-electron chi connectivity index (χ0n) is 13.0. The zero-order chi connectivity index (χ0) is 17.5. The van der Waals surface area contributed by atoms with Gasteiger partial charge in [-0.25, -0.2) is 17.5 Å². The van der Waals surface area contributed by atoms with Crippen LogP contribution in [0.25, 0.3) is 16.9 Å². The van der Waals surface area contributed by atoms with E-state index >= 15 is 0 Å². The summed E-state index contributed by atoms with van der Waals surface area (Å²) in [7, 11) is -3.26. The van der Waals surface area contributed by atoms with E-state index in [0.29, 0.717) is 22.1 Å². The Labute approximate surface area is 144 Å². The van der Waals surface area contributed by atoms with Gasteiger partial charge in [0.1, 0.15) is 5.82 Å². The third kappa shape index (κ3) is 3.20. The smallest absolute Gasteiger partial charge is 0.175 e. The van der Waals surface area contributed by atoms with E-state index in [-0.39, 0.29) is 10.7 Å². The van der Waals surface area contributed by atoms with Gasteiger partial charge in [0.25, 0.3) is 0 Å². The number of aryl methyl sites for hydroxylation is 1. The van der Waals surface area contributed by atoms with Gasteiger partial charge in [-0.15, -0.1) is 0 Å². The summed E-state index contributed by atoms with van der Waals surface area (Å²) in [5.74, 6) is -0.295. The van der Waals surface area contributed by atoms with Crippen molar-refractivity contribution >= 4 is 21.4 Å². The van der Waals surface area contributed by atoms with E-state index < -0.39 is 9.84 Å². The van der Waals surface area contributed by atoms with Crippen LogP contribution in [0.4, 0.5) is 4.39 Å². The van der Waals surface area contributed by atoms with Gasteiger partial charge >= 0.3 is 0 Å². The lowest BCUT2D eigenvalue weighted by molar-refractivity contribution is 0.602. The molecule has 0 N–H and O–H groups in total. The molecule has 2 aromatic carbocycles. The fourth-order valence-electron chi connectivity index (χ4n) is 2.39. The number of benzene rings is 2. The normalized spacial score (nSPS) is 11.7. The molecule has 124 valence electrons. The Balaban J connectivity index is 2.11. The molecule has 0 atom stereocenters. The number of sulfone groups is 1. The van der Waals surface area contributed by atoms with Gasteiger partial charge < -0.3 is 0 Å². The zero-order valence-corrected chi connectivity index (χ0v) is 14.6. The van der Waals surface area contributed by atoms with Gasteiger partial charge in [0.15, 0.2) is 15.0 Å². The van der Waals surface area contributed by atoms with Gasteiger partial charge in [0.2, 0.25) is 0 Å². The first-order chi connectivity index (χ1) is 11.3. The summed E-state index contributed by atoms with van der Waals surface area (Å²) in [5, 5.41) is 4.53. The molecule has 0 fully saturated rings. The van der Waals surface area contributed by atoms with E-state index in [0.717, 1.165) is 11.8 Å². The molecule has 1 heterocycles. The van der Waals surface area contributed by atoms with Crippen LogP contribution in [0.1, 0.15) is 5.56 Å². The molecule has 0 aliphatic heterocycles. The van der Waals surface area contributed by atoms with Crippen molar-refractivity contribution in [3.05, 3.63) is 65.1 Å². The number of nitrogens with zero attached hydrogens (tertiary/aromatic N) is 2. The lowest BCUT2D eigenvalue weighted by atomic mass is 10.1. The number of halogens is 2. The predicted molar refractivity (Wildman–Crippen MR) is 91.8 cm³/mol. The standard InChI is InChI=1S/C17H14ClFN2O2S/c1-11-9-13(5-8-15(11)19)21-16(10-17(18)20-21)12-3-6-14(7-4-12)24(2,22)23/h3-10H,1-2H3. The largest absolute Gasteiger partial charge is 0.232 e. The number of hydrogen-bond acceptors (Lipinski definition) is 3. The van der Waals surface area contributed by atoms with Crippen LogP contribution in [-0.4, -0.2) is 24.5 Å². The lowest BCUT2D eigenvalue weighted by Crippen LogP contribution is -2.01. The molecule has 4 nitrogen and oxygen atoms in total. The molecule has 0 amide bonds. The van der Waals surface area contributed by atoms with Crippen LogP contribution < -0.4 is 0 Å². The quantitative estimate of drug-likeness (QED) is 0.704. The van der Waals surface area contributed by atoms with Gasteiger partial charge in [-0.1, -0.05) is 23.7 Å². The van der Waals surface area contributed by atoms with Crippen LogP contribution >= 0.6 is 11.6 Å². The van der Waals surface area contributed by atoms with Crippen molar-refractivity contribution < 1.29 is 12.8 Å². The first-order valence-electron chi connectivity index (χ1n) is 7.08. The van der Waals surface area contributed by atoms with Crippen LogP contribution in [0.3, 0.4) is 0 Å². The number of rotatable bonds is 3. The van der Waals surface area contributed by atoms with Crippen LogP contribution in [0.15, 0.2) is 53.4 Å². The number of aromatic nitrogens is 2. The van der Waals surface area contributed by atoms with Crippen molar-refractivity contribution in [1.29, 1.82) is 0 Å². The maximum Gasteiger partial charge on any atom is 0.175 e. The van der Waals surface area contributed by atoms with Gasteiger partial charge in [0, 0.05) is 17.9 Å². The molecule has 0 saturated carbocycles. The molecular formula is C17H14ClFN2O2S. The fraction of sp³-hybridized carbons (Fsp3) is 0.118. The highest BCUT2D eigenvalue weighted by atomic mass is 35.5.